The predicted molar refractivity (Wildman–Crippen MR) is 34.9 cm³/mol. The van der Waals surface area contributed by atoms with E-state index in [0.29, 0.717) is 0 Å². The van der Waals surface area contributed by atoms with Crippen LogP contribution in [0.1, 0.15) is 5.56 Å². The third-order valence-corrected chi connectivity index (χ3v) is 1.40. The van der Waals surface area contributed by atoms with Crippen molar-refractivity contribution in [3.8, 4) is 0 Å². The molecule has 0 unspecified atom stereocenters. The molecular formula is C6H3F3NS-. The predicted octanol–water partition coefficient (Wildman–Crippen LogP) is 2.01. The lowest BCUT2D eigenvalue weighted by atomic mass is 10.3. The molecule has 1 aromatic rings. The van der Waals surface area contributed by atoms with Gasteiger partial charge in [0.1, 0.15) is 0 Å². The Hall–Kier alpha value is -0.840. The fourth-order valence-electron chi connectivity index (χ4n) is 0.607. The molecule has 0 saturated carbocycles. The zero-order valence-electron chi connectivity index (χ0n) is 5.22. The van der Waals surface area contributed by atoms with Crippen molar-refractivity contribution in [3.63, 3.8) is 0 Å². The third-order valence-electron chi connectivity index (χ3n) is 1.08. The summed E-state index contributed by atoms with van der Waals surface area (Å²) in [4.78, 5) is 3.34. The highest BCUT2D eigenvalue weighted by atomic mass is 32.1. The molecule has 0 aromatic carbocycles. The van der Waals surface area contributed by atoms with E-state index in [-0.39, 0.29) is 0 Å². The topological polar surface area (TPSA) is 12.9 Å². The first kappa shape index (κ1) is 8.26. The monoisotopic (exact) mass is 178 g/mol. The van der Waals surface area contributed by atoms with Gasteiger partial charge in [-0.1, -0.05) is 5.03 Å². The molecular weight excluding hydrogens is 175 g/mol. The molecule has 0 aliphatic carbocycles. The van der Waals surface area contributed by atoms with Gasteiger partial charge in [0, 0.05) is 6.20 Å². The molecule has 0 fully saturated rings. The molecule has 0 atom stereocenters. The van der Waals surface area contributed by atoms with Crippen molar-refractivity contribution in [1.29, 1.82) is 0 Å². The van der Waals surface area contributed by atoms with Crippen LogP contribution in [-0.2, 0) is 18.8 Å². The first-order chi connectivity index (χ1) is 5.02. The summed E-state index contributed by atoms with van der Waals surface area (Å²) >= 11 is 4.37. The van der Waals surface area contributed by atoms with Crippen LogP contribution < -0.4 is 0 Å². The average Bonchev–Trinajstić information content (AvgIpc) is 1.86. The number of rotatable bonds is 0. The minimum Gasteiger partial charge on any atom is -0.760 e. The Labute approximate surface area is 66.7 Å². The van der Waals surface area contributed by atoms with E-state index in [4.69, 9.17) is 0 Å². The molecule has 0 bridgehead atoms. The van der Waals surface area contributed by atoms with E-state index in [1.807, 2.05) is 0 Å². The molecule has 1 rings (SSSR count). The van der Waals surface area contributed by atoms with Crippen LogP contribution >= 0.6 is 0 Å². The highest BCUT2D eigenvalue weighted by Gasteiger charge is 2.30. The summed E-state index contributed by atoms with van der Waals surface area (Å²) in [6, 6.07) is 2.12. The largest absolute Gasteiger partial charge is 0.760 e. The van der Waals surface area contributed by atoms with Gasteiger partial charge in [0.05, 0.1) is 5.56 Å². The highest BCUT2D eigenvalue weighted by molar-refractivity contribution is 7.58. The van der Waals surface area contributed by atoms with Crippen molar-refractivity contribution in [2.24, 2.45) is 0 Å². The van der Waals surface area contributed by atoms with Crippen LogP contribution in [-0.4, -0.2) is 4.98 Å². The minimum atomic E-state index is -4.38. The van der Waals surface area contributed by atoms with Crippen molar-refractivity contribution in [2.45, 2.75) is 11.2 Å². The lowest BCUT2D eigenvalue weighted by molar-refractivity contribution is -0.140. The Morgan fingerprint density at radius 2 is 2.00 bits per heavy atom. The van der Waals surface area contributed by atoms with Crippen molar-refractivity contribution < 1.29 is 13.2 Å². The maximum atomic E-state index is 11.9. The smallest absolute Gasteiger partial charge is 0.416 e. The Kier molecular flexibility index (Phi) is 1.99. The Morgan fingerprint density at radius 3 is 2.36 bits per heavy atom. The van der Waals surface area contributed by atoms with Gasteiger partial charge in [0.2, 0.25) is 0 Å². The van der Waals surface area contributed by atoms with E-state index in [2.05, 4.69) is 17.6 Å². The maximum absolute atomic E-state index is 11.9. The van der Waals surface area contributed by atoms with E-state index in [1.54, 1.807) is 0 Å². The van der Waals surface area contributed by atoms with Gasteiger partial charge in [-0.05, 0) is 12.1 Å². The third kappa shape index (κ3) is 1.80. The highest BCUT2D eigenvalue weighted by Crippen LogP contribution is 2.30. The van der Waals surface area contributed by atoms with Gasteiger partial charge in [0.25, 0.3) is 0 Å². The van der Waals surface area contributed by atoms with Crippen molar-refractivity contribution >= 4 is 12.6 Å². The molecule has 0 spiro atoms. The van der Waals surface area contributed by atoms with Crippen LogP contribution in [0.25, 0.3) is 0 Å². The summed E-state index contributed by atoms with van der Waals surface area (Å²) in [5.41, 5.74) is -0.852. The van der Waals surface area contributed by atoms with E-state index in [1.165, 1.54) is 12.3 Å². The Balaban J connectivity index is 3.14. The van der Waals surface area contributed by atoms with Crippen LogP contribution in [0.4, 0.5) is 13.2 Å². The van der Waals surface area contributed by atoms with E-state index in [9.17, 15) is 13.2 Å². The molecule has 1 aromatic heterocycles. The second-order valence-corrected chi connectivity index (χ2v) is 2.24. The molecule has 0 N–H and O–H groups in total. The number of aromatic nitrogens is 1. The lowest BCUT2D eigenvalue weighted by Crippen LogP contribution is -2.07. The number of hydrogen-bond donors (Lipinski definition) is 0. The summed E-state index contributed by atoms with van der Waals surface area (Å²) in [7, 11) is 0. The maximum Gasteiger partial charge on any atom is 0.416 e. The second kappa shape index (κ2) is 2.65. The molecule has 0 amide bonds. The summed E-state index contributed by atoms with van der Waals surface area (Å²) < 4.78 is 35.8. The van der Waals surface area contributed by atoms with Crippen molar-refractivity contribution in [2.75, 3.05) is 0 Å². The molecule has 5 heteroatoms. The minimum absolute atomic E-state index is 0.403. The van der Waals surface area contributed by atoms with E-state index in [0.717, 1.165) is 6.07 Å². The first-order valence-electron chi connectivity index (χ1n) is 2.71. The van der Waals surface area contributed by atoms with E-state index < -0.39 is 16.8 Å². The zero-order valence-corrected chi connectivity index (χ0v) is 6.04. The standard InChI is InChI=1S/C6H4F3NS/c7-6(8,9)4-2-1-3-10-5(4)11/h1-3H,(H,10,11)/p-1. The Bertz CT molecular complexity index is 258. The van der Waals surface area contributed by atoms with Gasteiger partial charge < -0.3 is 12.6 Å². The fourth-order valence-corrected chi connectivity index (χ4v) is 0.851. The zero-order chi connectivity index (χ0) is 8.48. The van der Waals surface area contributed by atoms with Gasteiger partial charge in [-0.2, -0.15) is 13.2 Å². The SMILES string of the molecule is FC(F)(F)c1cccnc1[S-]. The Morgan fingerprint density at radius 1 is 1.36 bits per heavy atom. The van der Waals surface area contributed by atoms with Gasteiger partial charge >= 0.3 is 6.18 Å². The van der Waals surface area contributed by atoms with Gasteiger partial charge in [-0.25, -0.2) is 0 Å². The first-order valence-corrected chi connectivity index (χ1v) is 3.12. The summed E-state index contributed by atoms with van der Waals surface area (Å²) in [5, 5.41) is -0.403. The molecule has 60 valence electrons. The lowest BCUT2D eigenvalue weighted by Gasteiger charge is -2.13. The summed E-state index contributed by atoms with van der Waals surface area (Å²) in [5.74, 6) is 0. The molecule has 0 aliphatic rings. The molecule has 0 saturated heterocycles. The molecule has 1 nitrogen and oxygen atoms in total. The van der Waals surface area contributed by atoms with Crippen LogP contribution in [0, 0.1) is 0 Å². The van der Waals surface area contributed by atoms with Crippen LogP contribution in [0.3, 0.4) is 0 Å². The second-order valence-electron chi connectivity index (χ2n) is 1.85. The normalized spacial score (nSPS) is 11.5. The van der Waals surface area contributed by atoms with Gasteiger partial charge in [-0.15, -0.1) is 0 Å². The summed E-state index contributed by atoms with van der Waals surface area (Å²) in [6.45, 7) is 0. The summed E-state index contributed by atoms with van der Waals surface area (Å²) in [6.07, 6.45) is -3.15. The van der Waals surface area contributed by atoms with Crippen LogP contribution in [0.15, 0.2) is 23.4 Å². The molecule has 0 aliphatic heterocycles. The molecule has 1 heterocycles. The molecule has 0 radical (unpaired) electrons. The fraction of sp³-hybridized carbons (Fsp3) is 0.167. The number of alkyl halides is 3. The van der Waals surface area contributed by atoms with Crippen LogP contribution in [0.2, 0.25) is 0 Å². The van der Waals surface area contributed by atoms with Gasteiger partial charge in [-0.3, -0.25) is 4.98 Å². The van der Waals surface area contributed by atoms with Crippen LogP contribution in [0.5, 0.6) is 0 Å². The van der Waals surface area contributed by atoms with E-state index >= 15 is 0 Å². The number of nitrogens with zero attached hydrogens (tertiary/aromatic N) is 1. The molecule has 11 heavy (non-hydrogen) atoms. The number of pyridine rings is 1. The number of halogens is 3. The van der Waals surface area contributed by atoms with Crippen molar-refractivity contribution in [1.82, 2.24) is 4.98 Å². The number of hydrogen-bond acceptors (Lipinski definition) is 2. The quantitative estimate of drug-likeness (QED) is 0.563. The average molecular weight is 178 g/mol. The van der Waals surface area contributed by atoms with Gasteiger partial charge in [0.15, 0.2) is 0 Å². The van der Waals surface area contributed by atoms with Crippen molar-refractivity contribution in [3.05, 3.63) is 23.9 Å².